The van der Waals surface area contributed by atoms with Gasteiger partial charge in [0.2, 0.25) is 0 Å². The SMILES string of the molecule is NCc1cccc(O)c1CN. The van der Waals surface area contributed by atoms with Gasteiger partial charge in [0.15, 0.2) is 0 Å². The molecule has 0 saturated carbocycles. The van der Waals surface area contributed by atoms with E-state index in [9.17, 15) is 5.11 Å². The molecule has 5 N–H and O–H groups in total. The van der Waals surface area contributed by atoms with Crippen LogP contribution in [0.1, 0.15) is 11.1 Å². The predicted octanol–water partition coefficient (Wildman–Crippen LogP) is 0.310. The molecule has 0 saturated heterocycles. The van der Waals surface area contributed by atoms with Crippen molar-refractivity contribution < 1.29 is 5.11 Å². The highest BCUT2D eigenvalue weighted by Gasteiger charge is 2.02. The zero-order valence-electron chi connectivity index (χ0n) is 6.25. The molecule has 1 aromatic rings. The van der Waals surface area contributed by atoms with Gasteiger partial charge < -0.3 is 16.6 Å². The average molecular weight is 152 g/mol. The van der Waals surface area contributed by atoms with Crippen molar-refractivity contribution in [3.63, 3.8) is 0 Å². The third kappa shape index (κ3) is 1.50. The van der Waals surface area contributed by atoms with Crippen LogP contribution in [0.4, 0.5) is 0 Å². The fourth-order valence-electron chi connectivity index (χ4n) is 1.05. The third-order valence-corrected chi connectivity index (χ3v) is 1.67. The summed E-state index contributed by atoms with van der Waals surface area (Å²) in [5.74, 6) is 0.232. The normalized spacial score (nSPS) is 10.0. The van der Waals surface area contributed by atoms with E-state index in [-0.39, 0.29) is 5.75 Å². The van der Waals surface area contributed by atoms with Crippen molar-refractivity contribution >= 4 is 0 Å². The Bertz CT molecular complexity index is 248. The molecule has 0 radical (unpaired) electrons. The molecule has 0 unspecified atom stereocenters. The van der Waals surface area contributed by atoms with Gasteiger partial charge >= 0.3 is 0 Å². The number of aromatic hydroxyl groups is 1. The highest BCUT2D eigenvalue weighted by Crippen LogP contribution is 2.19. The molecule has 0 atom stereocenters. The Morgan fingerprint density at radius 1 is 1.18 bits per heavy atom. The molecule has 0 aliphatic rings. The van der Waals surface area contributed by atoms with E-state index in [0.29, 0.717) is 13.1 Å². The number of benzene rings is 1. The summed E-state index contributed by atoms with van der Waals surface area (Å²) in [5, 5.41) is 9.29. The lowest BCUT2D eigenvalue weighted by Crippen LogP contribution is -2.05. The van der Waals surface area contributed by atoms with Crippen LogP contribution in [0.3, 0.4) is 0 Å². The Morgan fingerprint density at radius 3 is 2.36 bits per heavy atom. The minimum atomic E-state index is 0.232. The Morgan fingerprint density at radius 2 is 1.91 bits per heavy atom. The monoisotopic (exact) mass is 152 g/mol. The fourth-order valence-corrected chi connectivity index (χ4v) is 1.05. The first-order valence-electron chi connectivity index (χ1n) is 3.49. The quantitative estimate of drug-likeness (QED) is 0.571. The molecule has 1 rings (SSSR count). The number of hydrogen-bond acceptors (Lipinski definition) is 3. The van der Waals surface area contributed by atoms with Crippen molar-refractivity contribution in [3.05, 3.63) is 29.3 Å². The Hall–Kier alpha value is -1.06. The van der Waals surface area contributed by atoms with E-state index in [0.717, 1.165) is 11.1 Å². The molecule has 11 heavy (non-hydrogen) atoms. The molecule has 3 heteroatoms. The largest absolute Gasteiger partial charge is 0.508 e. The topological polar surface area (TPSA) is 72.3 Å². The van der Waals surface area contributed by atoms with Gasteiger partial charge in [-0.1, -0.05) is 12.1 Å². The molecule has 0 aliphatic heterocycles. The van der Waals surface area contributed by atoms with Gasteiger partial charge in [0.25, 0.3) is 0 Å². The number of phenolic OH excluding ortho intramolecular Hbond substituents is 1. The lowest BCUT2D eigenvalue weighted by atomic mass is 10.1. The molecule has 3 nitrogen and oxygen atoms in total. The van der Waals surface area contributed by atoms with Gasteiger partial charge in [-0.2, -0.15) is 0 Å². The van der Waals surface area contributed by atoms with Crippen LogP contribution < -0.4 is 11.5 Å². The van der Waals surface area contributed by atoms with Crippen LogP contribution in [-0.4, -0.2) is 5.11 Å². The summed E-state index contributed by atoms with van der Waals surface area (Å²) in [6.07, 6.45) is 0. The van der Waals surface area contributed by atoms with Crippen molar-refractivity contribution in [2.45, 2.75) is 13.1 Å². The maximum atomic E-state index is 9.29. The first-order chi connectivity index (χ1) is 5.29. The van der Waals surface area contributed by atoms with Crippen LogP contribution in [0.5, 0.6) is 5.75 Å². The van der Waals surface area contributed by atoms with E-state index in [2.05, 4.69) is 0 Å². The van der Waals surface area contributed by atoms with Gasteiger partial charge in [0.05, 0.1) is 0 Å². The van der Waals surface area contributed by atoms with Gasteiger partial charge in [0, 0.05) is 18.7 Å². The van der Waals surface area contributed by atoms with E-state index in [1.807, 2.05) is 6.07 Å². The summed E-state index contributed by atoms with van der Waals surface area (Å²) in [5.41, 5.74) is 12.5. The van der Waals surface area contributed by atoms with Crippen molar-refractivity contribution in [1.29, 1.82) is 0 Å². The van der Waals surface area contributed by atoms with Crippen LogP contribution in [0.15, 0.2) is 18.2 Å². The average Bonchev–Trinajstić information content (AvgIpc) is 2.04. The number of hydrogen-bond donors (Lipinski definition) is 3. The van der Waals surface area contributed by atoms with E-state index >= 15 is 0 Å². The van der Waals surface area contributed by atoms with Crippen LogP contribution in [0.25, 0.3) is 0 Å². The Kier molecular flexibility index (Phi) is 2.46. The first-order valence-corrected chi connectivity index (χ1v) is 3.49. The Balaban J connectivity index is 3.13. The molecule has 0 fully saturated rings. The highest BCUT2D eigenvalue weighted by molar-refractivity contribution is 5.38. The minimum Gasteiger partial charge on any atom is -0.508 e. The first kappa shape index (κ1) is 8.04. The van der Waals surface area contributed by atoms with Crippen molar-refractivity contribution in [1.82, 2.24) is 0 Å². The van der Waals surface area contributed by atoms with E-state index in [4.69, 9.17) is 11.5 Å². The number of phenols is 1. The molecule has 0 heterocycles. The summed E-state index contributed by atoms with van der Waals surface area (Å²) >= 11 is 0. The van der Waals surface area contributed by atoms with Crippen LogP contribution in [0.2, 0.25) is 0 Å². The maximum Gasteiger partial charge on any atom is 0.120 e. The molecule has 0 aromatic heterocycles. The predicted molar refractivity (Wildman–Crippen MR) is 43.9 cm³/mol. The lowest BCUT2D eigenvalue weighted by Gasteiger charge is -2.06. The number of rotatable bonds is 2. The van der Waals surface area contributed by atoms with Gasteiger partial charge in [0.1, 0.15) is 5.75 Å². The maximum absolute atomic E-state index is 9.29. The molecule has 60 valence electrons. The highest BCUT2D eigenvalue weighted by atomic mass is 16.3. The standard InChI is InChI=1S/C8H12N2O/c9-4-6-2-1-3-8(11)7(6)5-10/h1-3,11H,4-5,9-10H2. The molecule has 0 amide bonds. The lowest BCUT2D eigenvalue weighted by molar-refractivity contribution is 0.467. The van der Waals surface area contributed by atoms with E-state index in [1.165, 1.54) is 0 Å². The van der Waals surface area contributed by atoms with Gasteiger partial charge in [-0.25, -0.2) is 0 Å². The second-order valence-electron chi connectivity index (χ2n) is 2.32. The summed E-state index contributed by atoms with van der Waals surface area (Å²) in [7, 11) is 0. The van der Waals surface area contributed by atoms with Gasteiger partial charge in [-0.05, 0) is 11.6 Å². The van der Waals surface area contributed by atoms with Crippen molar-refractivity contribution in [3.8, 4) is 5.75 Å². The van der Waals surface area contributed by atoms with E-state index < -0.39 is 0 Å². The van der Waals surface area contributed by atoms with Gasteiger partial charge in [-0.15, -0.1) is 0 Å². The van der Waals surface area contributed by atoms with E-state index in [1.54, 1.807) is 12.1 Å². The van der Waals surface area contributed by atoms with Crippen LogP contribution >= 0.6 is 0 Å². The van der Waals surface area contributed by atoms with Crippen molar-refractivity contribution in [2.24, 2.45) is 11.5 Å². The smallest absolute Gasteiger partial charge is 0.120 e. The Labute approximate surface area is 65.6 Å². The minimum absolute atomic E-state index is 0.232. The second-order valence-corrected chi connectivity index (χ2v) is 2.32. The zero-order valence-corrected chi connectivity index (χ0v) is 6.25. The summed E-state index contributed by atoms with van der Waals surface area (Å²) < 4.78 is 0. The zero-order chi connectivity index (χ0) is 8.27. The van der Waals surface area contributed by atoms with Crippen LogP contribution in [0, 0.1) is 0 Å². The van der Waals surface area contributed by atoms with Crippen molar-refractivity contribution in [2.75, 3.05) is 0 Å². The molecule has 0 aliphatic carbocycles. The van der Waals surface area contributed by atoms with Crippen LogP contribution in [-0.2, 0) is 13.1 Å². The molecular formula is C8H12N2O. The molecule has 0 bridgehead atoms. The summed E-state index contributed by atoms with van der Waals surface area (Å²) in [6, 6.07) is 5.24. The molecule has 1 aromatic carbocycles. The molecular weight excluding hydrogens is 140 g/mol. The summed E-state index contributed by atoms with van der Waals surface area (Å²) in [6.45, 7) is 0.750. The fraction of sp³-hybridized carbons (Fsp3) is 0.250. The van der Waals surface area contributed by atoms with Gasteiger partial charge in [-0.3, -0.25) is 0 Å². The summed E-state index contributed by atoms with van der Waals surface area (Å²) in [4.78, 5) is 0. The molecule has 0 spiro atoms. The second kappa shape index (κ2) is 3.37. The number of nitrogens with two attached hydrogens (primary N) is 2. The third-order valence-electron chi connectivity index (χ3n) is 1.67.